The molecule has 1 unspecified atom stereocenters. The number of amides is 1. The third kappa shape index (κ3) is 7.75. The average Bonchev–Trinajstić information content (AvgIpc) is 3.12. The van der Waals surface area contributed by atoms with E-state index in [1.54, 1.807) is 27.7 Å². The summed E-state index contributed by atoms with van der Waals surface area (Å²) in [6.07, 6.45) is -6.31. The van der Waals surface area contributed by atoms with E-state index >= 15 is 0 Å². The molecular formula is C20H24F3N3O6. The van der Waals surface area contributed by atoms with Gasteiger partial charge < -0.3 is 23.9 Å². The van der Waals surface area contributed by atoms with Crippen molar-refractivity contribution in [3.8, 4) is 17.2 Å². The third-order valence-electron chi connectivity index (χ3n) is 3.82. The van der Waals surface area contributed by atoms with Crippen LogP contribution in [0.25, 0.3) is 11.5 Å². The molecule has 12 heteroatoms. The standard InChI is InChI=1S/C20H24F3N3O6/c1-6-14(24-18(28)32-19(3,4)5)15(29-11(2)27)17-26-25-16(30-17)12-7-9-13(10-8-12)31-20(21,22)23/h7-10,14-15H,6H2,1-5H3,(H,24,28)/t14?,15-/m0/s1. The van der Waals surface area contributed by atoms with Crippen LogP contribution in [0.5, 0.6) is 5.75 Å². The van der Waals surface area contributed by atoms with Crippen LogP contribution in [-0.4, -0.2) is 40.3 Å². The lowest BCUT2D eigenvalue weighted by molar-refractivity contribution is -0.274. The van der Waals surface area contributed by atoms with E-state index in [1.165, 1.54) is 19.1 Å². The zero-order valence-electron chi connectivity index (χ0n) is 18.1. The summed E-state index contributed by atoms with van der Waals surface area (Å²) in [5.41, 5.74) is -0.424. The Kier molecular flexibility index (Phi) is 7.70. The molecule has 0 radical (unpaired) electrons. The Morgan fingerprint density at radius 1 is 1.12 bits per heavy atom. The number of nitrogens with one attached hydrogen (secondary N) is 1. The van der Waals surface area contributed by atoms with Crippen molar-refractivity contribution in [2.24, 2.45) is 0 Å². The monoisotopic (exact) mass is 459 g/mol. The maximum absolute atomic E-state index is 12.3. The Balaban J connectivity index is 2.23. The Labute approximate surface area is 182 Å². The minimum Gasteiger partial charge on any atom is -0.450 e. The lowest BCUT2D eigenvalue weighted by Crippen LogP contribution is -2.43. The van der Waals surface area contributed by atoms with Crippen LogP contribution in [0.15, 0.2) is 28.7 Å². The van der Waals surface area contributed by atoms with Crippen molar-refractivity contribution in [2.75, 3.05) is 0 Å². The summed E-state index contributed by atoms with van der Waals surface area (Å²) < 4.78 is 56.9. The molecular weight excluding hydrogens is 435 g/mol. The van der Waals surface area contributed by atoms with Gasteiger partial charge in [-0.15, -0.1) is 23.4 Å². The number of rotatable bonds is 7. The summed E-state index contributed by atoms with van der Waals surface area (Å²) in [4.78, 5) is 23.8. The van der Waals surface area contributed by atoms with Gasteiger partial charge in [0.15, 0.2) is 6.10 Å². The number of aromatic nitrogens is 2. The summed E-state index contributed by atoms with van der Waals surface area (Å²) in [6.45, 7) is 8.03. The molecule has 9 nitrogen and oxygen atoms in total. The number of hydrogen-bond donors (Lipinski definition) is 1. The molecule has 32 heavy (non-hydrogen) atoms. The first-order chi connectivity index (χ1) is 14.8. The van der Waals surface area contributed by atoms with Crippen molar-refractivity contribution in [1.82, 2.24) is 15.5 Å². The van der Waals surface area contributed by atoms with Crippen LogP contribution in [0.1, 0.15) is 53.0 Å². The average molecular weight is 459 g/mol. The van der Waals surface area contributed by atoms with Crippen LogP contribution in [-0.2, 0) is 14.3 Å². The van der Waals surface area contributed by atoms with Gasteiger partial charge in [-0.2, -0.15) is 0 Å². The Morgan fingerprint density at radius 3 is 2.25 bits per heavy atom. The summed E-state index contributed by atoms with van der Waals surface area (Å²) >= 11 is 0. The zero-order chi connectivity index (χ0) is 24.1. The number of nitrogens with zero attached hydrogens (tertiary/aromatic N) is 2. The van der Waals surface area contributed by atoms with Gasteiger partial charge in [-0.3, -0.25) is 4.79 Å². The molecule has 0 bridgehead atoms. The number of alkyl halides is 3. The van der Waals surface area contributed by atoms with Gasteiger partial charge in [0, 0.05) is 12.5 Å². The van der Waals surface area contributed by atoms with Crippen molar-refractivity contribution in [3.63, 3.8) is 0 Å². The molecule has 1 amide bonds. The quantitative estimate of drug-likeness (QED) is 0.601. The number of esters is 1. The second kappa shape index (κ2) is 9.88. The van der Waals surface area contributed by atoms with E-state index in [2.05, 4.69) is 20.3 Å². The van der Waals surface area contributed by atoms with Crippen molar-refractivity contribution in [1.29, 1.82) is 0 Å². The van der Waals surface area contributed by atoms with Crippen molar-refractivity contribution < 1.29 is 41.4 Å². The second-order valence-electron chi connectivity index (χ2n) is 7.71. The number of halogens is 3. The van der Waals surface area contributed by atoms with Gasteiger partial charge in [0.2, 0.25) is 5.89 Å². The highest BCUT2D eigenvalue weighted by molar-refractivity contribution is 5.69. The topological polar surface area (TPSA) is 113 Å². The van der Waals surface area contributed by atoms with Gasteiger partial charge in [-0.05, 0) is 51.5 Å². The molecule has 0 spiro atoms. The summed E-state index contributed by atoms with van der Waals surface area (Å²) in [6, 6.07) is 4.04. The summed E-state index contributed by atoms with van der Waals surface area (Å²) in [7, 11) is 0. The summed E-state index contributed by atoms with van der Waals surface area (Å²) in [5.74, 6) is -1.18. The number of benzene rings is 1. The smallest absolute Gasteiger partial charge is 0.450 e. The lowest BCUT2D eigenvalue weighted by atomic mass is 10.1. The highest BCUT2D eigenvalue weighted by atomic mass is 19.4. The Morgan fingerprint density at radius 2 is 1.75 bits per heavy atom. The molecule has 0 saturated carbocycles. The van der Waals surface area contributed by atoms with E-state index in [-0.39, 0.29) is 11.8 Å². The van der Waals surface area contributed by atoms with E-state index < -0.39 is 41.9 Å². The molecule has 0 saturated heterocycles. The lowest BCUT2D eigenvalue weighted by Gasteiger charge is -2.26. The van der Waals surface area contributed by atoms with Gasteiger partial charge in [-0.1, -0.05) is 6.92 Å². The first-order valence-corrected chi connectivity index (χ1v) is 9.63. The van der Waals surface area contributed by atoms with Crippen LogP contribution >= 0.6 is 0 Å². The normalized spacial score (nSPS) is 13.8. The largest absolute Gasteiger partial charge is 0.573 e. The van der Waals surface area contributed by atoms with Crippen molar-refractivity contribution in [2.45, 2.75) is 65.1 Å². The molecule has 2 rings (SSSR count). The van der Waals surface area contributed by atoms with E-state index in [0.717, 1.165) is 12.1 Å². The van der Waals surface area contributed by atoms with E-state index in [4.69, 9.17) is 13.9 Å². The number of alkyl carbamates (subject to hydrolysis) is 1. The fraction of sp³-hybridized carbons (Fsp3) is 0.500. The fourth-order valence-electron chi connectivity index (χ4n) is 2.60. The molecule has 0 aliphatic carbocycles. The first kappa shape index (κ1) is 25.0. The number of ether oxygens (including phenoxy) is 3. The highest BCUT2D eigenvalue weighted by Gasteiger charge is 2.33. The van der Waals surface area contributed by atoms with Crippen LogP contribution in [0.2, 0.25) is 0 Å². The van der Waals surface area contributed by atoms with Gasteiger partial charge in [0.1, 0.15) is 11.4 Å². The first-order valence-electron chi connectivity index (χ1n) is 9.63. The Hall–Kier alpha value is -3.31. The molecule has 0 aliphatic heterocycles. The molecule has 2 atom stereocenters. The second-order valence-corrected chi connectivity index (χ2v) is 7.71. The molecule has 0 fully saturated rings. The van der Waals surface area contributed by atoms with Gasteiger partial charge in [0.25, 0.3) is 5.89 Å². The number of carbonyl (C=O) groups excluding carboxylic acids is 2. The van der Waals surface area contributed by atoms with Crippen molar-refractivity contribution >= 4 is 12.1 Å². The van der Waals surface area contributed by atoms with E-state index in [0.29, 0.717) is 12.0 Å². The highest BCUT2D eigenvalue weighted by Crippen LogP contribution is 2.29. The molecule has 1 N–H and O–H groups in total. The van der Waals surface area contributed by atoms with Crippen LogP contribution in [0.4, 0.5) is 18.0 Å². The van der Waals surface area contributed by atoms with E-state index in [1.807, 2.05) is 0 Å². The van der Waals surface area contributed by atoms with Crippen molar-refractivity contribution in [3.05, 3.63) is 30.2 Å². The van der Waals surface area contributed by atoms with Gasteiger partial charge in [-0.25, -0.2) is 4.79 Å². The molecule has 1 heterocycles. The van der Waals surface area contributed by atoms with Crippen LogP contribution in [0.3, 0.4) is 0 Å². The number of carbonyl (C=O) groups is 2. The molecule has 2 aromatic rings. The SMILES string of the molecule is CCC(NC(=O)OC(C)(C)C)[C@H](OC(C)=O)c1nnc(-c2ccc(OC(F)(F)F)cc2)o1. The predicted octanol–water partition coefficient (Wildman–Crippen LogP) is 4.54. The zero-order valence-corrected chi connectivity index (χ0v) is 18.1. The maximum Gasteiger partial charge on any atom is 0.573 e. The van der Waals surface area contributed by atoms with Crippen LogP contribution < -0.4 is 10.1 Å². The summed E-state index contributed by atoms with van der Waals surface area (Å²) in [5, 5.41) is 10.4. The van der Waals surface area contributed by atoms with Crippen LogP contribution in [0, 0.1) is 0 Å². The molecule has 176 valence electrons. The Bertz CT molecular complexity index is 922. The van der Waals surface area contributed by atoms with Gasteiger partial charge >= 0.3 is 18.4 Å². The third-order valence-corrected chi connectivity index (χ3v) is 3.82. The van der Waals surface area contributed by atoms with Gasteiger partial charge in [0.05, 0.1) is 6.04 Å². The maximum atomic E-state index is 12.3. The minimum absolute atomic E-state index is 0.0252. The fourth-order valence-corrected chi connectivity index (χ4v) is 2.60. The minimum atomic E-state index is -4.81. The predicted molar refractivity (Wildman–Crippen MR) is 104 cm³/mol. The molecule has 0 aliphatic rings. The number of hydrogen-bond acceptors (Lipinski definition) is 8. The molecule has 1 aromatic carbocycles. The molecule has 1 aromatic heterocycles. The van der Waals surface area contributed by atoms with E-state index in [9.17, 15) is 22.8 Å².